The van der Waals surface area contributed by atoms with Crippen LogP contribution in [0.5, 0.6) is 0 Å². The van der Waals surface area contributed by atoms with Gasteiger partial charge in [-0.05, 0) is 31.0 Å². The summed E-state index contributed by atoms with van der Waals surface area (Å²) in [5.41, 5.74) is 1.80. The lowest BCUT2D eigenvalue weighted by Crippen LogP contribution is -2.27. The van der Waals surface area contributed by atoms with Crippen molar-refractivity contribution in [3.63, 3.8) is 0 Å². The highest BCUT2D eigenvalue weighted by Crippen LogP contribution is 2.18. The van der Waals surface area contributed by atoms with Gasteiger partial charge in [0.25, 0.3) is 0 Å². The molecule has 3 aromatic rings. The molecule has 0 saturated heterocycles. The summed E-state index contributed by atoms with van der Waals surface area (Å²) in [7, 11) is 2.00. The molecule has 0 aliphatic heterocycles. The Balaban J connectivity index is 1.63. The molecule has 0 saturated carbocycles. The Morgan fingerprint density at radius 2 is 2.10 bits per heavy atom. The molecule has 0 radical (unpaired) electrons. The number of rotatable bonds is 6. The average Bonchev–Trinajstić information content (AvgIpc) is 3.14. The number of ketones is 1. The highest BCUT2D eigenvalue weighted by molar-refractivity contribution is 7.09. The third kappa shape index (κ3) is 3.23. The summed E-state index contributed by atoms with van der Waals surface area (Å²) in [5, 5.41) is 3.10. The molecule has 21 heavy (non-hydrogen) atoms. The molecule has 3 rings (SSSR count). The summed E-state index contributed by atoms with van der Waals surface area (Å²) in [6.45, 7) is 1.35. The fourth-order valence-corrected chi connectivity index (χ4v) is 3.17. The number of carbonyl (C=O) groups excluding carboxylic acids is 1. The molecule has 0 bridgehead atoms. The molecule has 0 amide bonds. The summed E-state index contributed by atoms with van der Waals surface area (Å²) in [6, 6.07) is 12.1. The second-order valence-electron chi connectivity index (χ2n) is 5.24. The standard InChI is InChI=1S/C17H18N2OS/c1-19(9-8-13-5-4-10-21-13)12-17(20)15-11-18-16-7-3-2-6-14(15)16/h2-7,10-11,18H,8-9,12H2,1H3. The second-order valence-corrected chi connectivity index (χ2v) is 6.27. The number of carbonyl (C=O) groups is 1. The Bertz CT molecular complexity index is 730. The van der Waals surface area contributed by atoms with Crippen molar-refractivity contribution in [2.24, 2.45) is 0 Å². The summed E-state index contributed by atoms with van der Waals surface area (Å²) < 4.78 is 0. The van der Waals surface area contributed by atoms with Gasteiger partial charge in [0.15, 0.2) is 5.78 Å². The van der Waals surface area contributed by atoms with Crippen molar-refractivity contribution in [2.75, 3.05) is 20.1 Å². The van der Waals surface area contributed by atoms with E-state index in [1.165, 1.54) is 4.88 Å². The van der Waals surface area contributed by atoms with Gasteiger partial charge >= 0.3 is 0 Å². The van der Waals surface area contributed by atoms with Crippen molar-refractivity contribution in [2.45, 2.75) is 6.42 Å². The number of Topliss-reactive ketones (excluding diaryl/α,β-unsaturated/α-hetero) is 1. The van der Waals surface area contributed by atoms with Crippen LogP contribution in [0.3, 0.4) is 0 Å². The quantitative estimate of drug-likeness (QED) is 0.706. The Kier molecular flexibility index (Phi) is 4.18. The number of hydrogen-bond donors (Lipinski definition) is 1. The number of aromatic amines is 1. The molecule has 1 N–H and O–H groups in total. The van der Waals surface area contributed by atoms with Gasteiger partial charge in [0, 0.05) is 34.1 Å². The number of benzene rings is 1. The third-order valence-electron chi connectivity index (χ3n) is 3.62. The number of aromatic nitrogens is 1. The van der Waals surface area contributed by atoms with Gasteiger partial charge in [-0.25, -0.2) is 0 Å². The molecule has 2 aromatic heterocycles. The normalized spacial score (nSPS) is 11.3. The van der Waals surface area contributed by atoms with Crippen molar-refractivity contribution in [1.82, 2.24) is 9.88 Å². The van der Waals surface area contributed by atoms with Gasteiger partial charge in [-0.2, -0.15) is 0 Å². The predicted octanol–water partition coefficient (Wildman–Crippen LogP) is 3.59. The van der Waals surface area contributed by atoms with E-state index in [0.29, 0.717) is 6.54 Å². The van der Waals surface area contributed by atoms with Gasteiger partial charge in [0.1, 0.15) is 0 Å². The minimum absolute atomic E-state index is 0.168. The molecular weight excluding hydrogens is 280 g/mol. The van der Waals surface area contributed by atoms with E-state index in [4.69, 9.17) is 0 Å². The minimum atomic E-state index is 0.168. The molecule has 0 spiro atoms. The van der Waals surface area contributed by atoms with Crippen molar-refractivity contribution in [3.8, 4) is 0 Å². The molecule has 0 atom stereocenters. The molecule has 4 heteroatoms. The van der Waals surface area contributed by atoms with E-state index < -0.39 is 0 Å². The van der Waals surface area contributed by atoms with E-state index in [1.54, 1.807) is 11.3 Å². The average molecular weight is 298 g/mol. The second kappa shape index (κ2) is 6.24. The summed E-state index contributed by atoms with van der Waals surface area (Å²) in [5.74, 6) is 0.168. The fraction of sp³-hybridized carbons (Fsp3) is 0.235. The van der Waals surface area contributed by atoms with Crippen LogP contribution in [0.4, 0.5) is 0 Å². The van der Waals surface area contributed by atoms with Crippen molar-refractivity contribution in [3.05, 3.63) is 58.4 Å². The molecule has 2 heterocycles. The summed E-state index contributed by atoms with van der Waals surface area (Å²) in [6.07, 6.45) is 2.81. The first kappa shape index (κ1) is 14.0. The van der Waals surface area contributed by atoms with Crippen LogP contribution < -0.4 is 0 Å². The lowest BCUT2D eigenvalue weighted by Gasteiger charge is -2.14. The minimum Gasteiger partial charge on any atom is -0.360 e. The first-order valence-electron chi connectivity index (χ1n) is 7.04. The van der Waals surface area contributed by atoms with Gasteiger partial charge in [-0.3, -0.25) is 9.69 Å². The number of nitrogens with zero attached hydrogens (tertiary/aromatic N) is 1. The van der Waals surface area contributed by atoms with Gasteiger partial charge in [-0.1, -0.05) is 24.3 Å². The van der Waals surface area contributed by atoms with Gasteiger partial charge in [-0.15, -0.1) is 11.3 Å². The van der Waals surface area contributed by atoms with Crippen LogP contribution in [0.1, 0.15) is 15.2 Å². The topological polar surface area (TPSA) is 36.1 Å². The van der Waals surface area contributed by atoms with Crippen LogP contribution in [-0.4, -0.2) is 35.8 Å². The molecule has 1 aromatic carbocycles. The molecule has 108 valence electrons. The predicted molar refractivity (Wildman–Crippen MR) is 88.1 cm³/mol. The molecule has 3 nitrogen and oxygen atoms in total. The Labute approximate surface area is 128 Å². The van der Waals surface area contributed by atoms with Gasteiger partial charge < -0.3 is 4.98 Å². The van der Waals surface area contributed by atoms with Crippen LogP contribution in [0.2, 0.25) is 0 Å². The molecule has 0 aliphatic carbocycles. The van der Waals surface area contributed by atoms with Crippen LogP contribution in [0, 0.1) is 0 Å². The van der Waals surface area contributed by atoms with E-state index in [2.05, 4.69) is 27.4 Å². The fourth-order valence-electron chi connectivity index (χ4n) is 2.47. The summed E-state index contributed by atoms with van der Waals surface area (Å²) >= 11 is 1.77. The first-order chi connectivity index (χ1) is 10.2. The van der Waals surface area contributed by atoms with Gasteiger partial charge in [0.05, 0.1) is 6.54 Å². The number of fused-ring (bicyclic) bond motifs is 1. The van der Waals surface area contributed by atoms with Crippen LogP contribution in [-0.2, 0) is 6.42 Å². The number of thiophene rings is 1. The summed E-state index contributed by atoms with van der Waals surface area (Å²) in [4.78, 5) is 19.0. The maximum Gasteiger partial charge on any atom is 0.178 e. The zero-order valence-corrected chi connectivity index (χ0v) is 12.8. The van der Waals surface area contributed by atoms with E-state index >= 15 is 0 Å². The number of hydrogen-bond acceptors (Lipinski definition) is 3. The lowest BCUT2D eigenvalue weighted by atomic mass is 10.1. The largest absolute Gasteiger partial charge is 0.360 e. The molecule has 0 fully saturated rings. The number of nitrogens with one attached hydrogen (secondary N) is 1. The van der Waals surface area contributed by atoms with Crippen molar-refractivity contribution in [1.29, 1.82) is 0 Å². The Hall–Kier alpha value is -1.91. The molecule has 0 aliphatic rings. The first-order valence-corrected chi connectivity index (χ1v) is 7.92. The van der Waals surface area contributed by atoms with Crippen LogP contribution >= 0.6 is 11.3 Å². The van der Waals surface area contributed by atoms with E-state index in [0.717, 1.165) is 29.4 Å². The Morgan fingerprint density at radius 3 is 2.90 bits per heavy atom. The van der Waals surface area contributed by atoms with E-state index in [9.17, 15) is 4.79 Å². The number of likely N-dealkylation sites (N-methyl/N-ethyl adjacent to an activating group) is 1. The maximum absolute atomic E-state index is 12.4. The van der Waals surface area contributed by atoms with Crippen LogP contribution in [0.15, 0.2) is 48.0 Å². The van der Waals surface area contributed by atoms with Crippen molar-refractivity contribution >= 4 is 28.0 Å². The highest BCUT2D eigenvalue weighted by atomic mass is 32.1. The maximum atomic E-state index is 12.4. The number of H-pyrrole nitrogens is 1. The van der Waals surface area contributed by atoms with Gasteiger partial charge in [0.2, 0.25) is 0 Å². The monoisotopic (exact) mass is 298 g/mol. The lowest BCUT2D eigenvalue weighted by molar-refractivity contribution is 0.0948. The zero-order chi connectivity index (χ0) is 14.7. The van der Waals surface area contributed by atoms with Crippen molar-refractivity contribution < 1.29 is 4.79 Å². The molecule has 0 unspecified atom stereocenters. The smallest absolute Gasteiger partial charge is 0.178 e. The van der Waals surface area contributed by atoms with E-state index in [1.807, 2.05) is 37.5 Å². The highest BCUT2D eigenvalue weighted by Gasteiger charge is 2.13. The van der Waals surface area contributed by atoms with E-state index in [-0.39, 0.29) is 5.78 Å². The SMILES string of the molecule is CN(CCc1cccs1)CC(=O)c1c[nH]c2ccccc12. The Morgan fingerprint density at radius 1 is 1.24 bits per heavy atom. The zero-order valence-electron chi connectivity index (χ0n) is 12.0. The number of para-hydroxylation sites is 1. The molecular formula is C17H18N2OS. The third-order valence-corrected chi connectivity index (χ3v) is 4.56. The van der Waals surface area contributed by atoms with Crippen LogP contribution in [0.25, 0.3) is 10.9 Å².